The van der Waals surface area contributed by atoms with Gasteiger partial charge in [-0.05, 0) is 51.3 Å². The minimum absolute atomic E-state index is 0.0424. The summed E-state index contributed by atoms with van der Waals surface area (Å²) in [4.78, 5) is 32.1. The summed E-state index contributed by atoms with van der Waals surface area (Å²) in [5.74, 6) is 1.47. The monoisotopic (exact) mass is 361 g/mol. The standard InChI is InChI=1S/C21H23N5O/c1-14-12-17(19-22-13-15(2)24-19)25-20(23-14)18-10-6-7-11-26(18)21(27)16-8-4-3-5-9-16/h3-5,8-9,12-13,18H,6-7,10-11H2,1-2H3,(H,22,24)/t18-/m1/s1. The quantitative estimate of drug-likeness (QED) is 0.769. The number of piperidine rings is 1. The maximum atomic E-state index is 13.1. The number of aromatic amines is 1. The highest BCUT2D eigenvalue weighted by molar-refractivity contribution is 5.94. The smallest absolute Gasteiger partial charge is 0.254 e. The van der Waals surface area contributed by atoms with Gasteiger partial charge < -0.3 is 9.88 Å². The highest BCUT2D eigenvalue weighted by atomic mass is 16.2. The van der Waals surface area contributed by atoms with E-state index in [0.29, 0.717) is 11.4 Å². The van der Waals surface area contributed by atoms with E-state index < -0.39 is 0 Å². The van der Waals surface area contributed by atoms with Crippen LogP contribution in [0.1, 0.15) is 52.9 Å². The molecule has 1 fully saturated rings. The van der Waals surface area contributed by atoms with Gasteiger partial charge in [0.2, 0.25) is 0 Å². The number of rotatable bonds is 3. The van der Waals surface area contributed by atoms with Gasteiger partial charge in [0.25, 0.3) is 5.91 Å². The van der Waals surface area contributed by atoms with Gasteiger partial charge in [0, 0.05) is 29.7 Å². The predicted molar refractivity (Wildman–Crippen MR) is 103 cm³/mol. The fourth-order valence-electron chi connectivity index (χ4n) is 3.59. The summed E-state index contributed by atoms with van der Waals surface area (Å²) in [5, 5.41) is 0. The predicted octanol–water partition coefficient (Wildman–Crippen LogP) is 3.85. The van der Waals surface area contributed by atoms with Gasteiger partial charge in [-0.1, -0.05) is 18.2 Å². The average molecular weight is 361 g/mol. The number of carbonyl (C=O) groups is 1. The second kappa shape index (κ2) is 7.31. The van der Waals surface area contributed by atoms with Crippen LogP contribution >= 0.6 is 0 Å². The van der Waals surface area contributed by atoms with E-state index in [-0.39, 0.29) is 11.9 Å². The zero-order valence-electron chi connectivity index (χ0n) is 15.6. The highest BCUT2D eigenvalue weighted by Gasteiger charge is 2.31. The molecule has 3 heterocycles. The Hall–Kier alpha value is -3.02. The lowest BCUT2D eigenvalue weighted by Gasteiger charge is -2.35. The second-order valence-electron chi connectivity index (χ2n) is 7.04. The molecule has 6 heteroatoms. The molecule has 1 aliphatic rings. The highest BCUT2D eigenvalue weighted by Crippen LogP contribution is 2.31. The maximum absolute atomic E-state index is 13.1. The van der Waals surface area contributed by atoms with Crippen molar-refractivity contribution in [3.05, 3.63) is 65.4 Å². The third-order valence-corrected chi connectivity index (χ3v) is 4.90. The molecule has 0 bridgehead atoms. The molecule has 1 N–H and O–H groups in total. The normalized spacial score (nSPS) is 17.1. The number of nitrogens with one attached hydrogen (secondary N) is 1. The first-order valence-corrected chi connectivity index (χ1v) is 9.35. The fourth-order valence-corrected chi connectivity index (χ4v) is 3.59. The number of amides is 1. The number of H-pyrrole nitrogens is 1. The molecular formula is C21H23N5O. The largest absolute Gasteiger partial charge is 0.341 e. The van der Waals surface area contributed by atoms with Crippen LogP contribution in [-0.2, 0) is 0 Å². The zero-order chi connectivity index (χ0) is 18.8. The van der Waals surface area contributed by atoms with Gasteiger partial charge >= 0.3 is 0 Å². The van der Waals surface area contributed by atoms with Crippen molar-refractivity contribution in [1.29, 1.82) is 0 Å². The lowest BCUT2D eigenvalue weighted by molar-refractivity contribution is 0.0599. The lowest BCUT2D eigenvalue weighted by atomic mass is 9.99. The first-order chi connectivity index (χ1) is 13.1. The Bertz CT molecular complexity index is 950. The van der Waals surface area contributed by atoms with Gasteiger partial charge in [0.05, 0.1) is 6.04 Å². The maximum Gasteiger partial charge on any atom is 0.254 e. The molecule has 27 heavy (non-hydrogen) atoms. The number of likely N-dealkylation sites (tertiary alicyclic amines) is 1. The summed E-state index contributed by atoms with van der Waals surface area (Å²) in [6.07, 6.45) is 4.73. The van der Waals surface area contributed by atoms with Crippen molar-refractivity contribution < 1.29 is 4.79 Å². The molecule has 1 amide bonds. The number of carbonyl (C=O) groups excluding carboxylic acids is 1. The van der Waals surface area contributed by atoms with Crippen LogP contribution in [0, 0.1) is 13.8 Å². The fraction of sp³-hybridized carbons (Fsp3) is 0.333. The Morgan fingerprint density at radius 1 is 1.15 bits per heavy atom. The van der Waals surface area contributed by atoms with Crippen LogP contribution in [0.3, 0.4) is 0 Å². The zero-order valence-corrected chi connectivity index (χ0v) is 15.6. The average Bonchev–Trinajstić information content (AvgIpc) is 3.14. The van der Waals surface area contributed by atoms with E-state index in [1.807, 2.05) is 55.1 Å². The Labute approximate surface area is 158 Å². The molecule has 6 nitrogen and oxygen atoms in total. The second-order valence-corrected chi connectivity index (χ2v) is 7.04. The third-order valence-electron chi connectivity index (χ3n) is 4.90. The number of aromatic nitrogens is 4. The van der Waals surface area contributed by atoms with Crippen molar-refractivity contribution >= 4 is 5.91 Å². The number of hydrogen-bond acceptors (Lipinski definition) is 4. The van der Waals surface area contributed by atoms with Crippen molar-refractivity contribution in [2.45, 2.75) is 39.2 Å². The Balaban J connectivity index is 1.70. The molecular weight excluding hydrogens is 338 g/mol. The molecule has 1 atom stereocenters. The molecule has 4 rings (SSSR count). The summed E-state index contributed by atoms with van der Waals surface area (Å²) in [6.45, 7) is 4.65. The molecule has 0 saturated carbocycles. The van der Waals surface area contributed by atoms with Crippen molar-refractivity contribution in [3.63, 3.8) is 0 Å². The van der Waals surface area contributed by atoms with E-state index in [2.05, 4.69) is 15.0 Å². The minimum atomic E-state index is -0.110. The van der Waals surface area contributed by atoms with Gasteiger partial charge in [-0.15, -0.1) is 0 Å². The molecule has 138 valence electrons. The summed E-state index contributed by atoms with van der Waals surface area (Å²) in [5.41, 5.74) is 3.34. The van der Waals surface area contributed by atoms with E-state index in [0.717, 1.165) is 48.7 Å². The van der Waals surface area contributed by atoms with E-state index in [1.54, 1.807) is 6.20 Å². The summed E-state index contributed by atoms with van der Waals surface area (Å²) >= 11 is 0. The van der Waals surface area contributed by atoms with Gasteiger partial charge in [-0.25, -0.2) is 15.0 Å². The topological polar surface area (TPSA) is 74.8 Å². The number of hydrogen-bond donors (Lipinski definition) is 1. The molecule has 3 aromatic rings. The Morgan fingerprint density at radius 2 is 1.96 bits per heavy atom. The van der Waals surface area contributed by atoms with E-state index in [1.165, 1.54) is 0 Å². The van der Waals surface area contributed by atoms with Crippen LogP contribution in [-0.4, -0.2) is 37.3 Å². The molecule has 0 radical (unpaired) electrons. The van der Waals surface area contributed by atoms with Gasteiger partial charge in [-0.2, -0.15) is 0 Å². The van der Waals surface area contributed by atoms with Crippen molar-refractivity contribution in [2.24, 2.45) is 0 Å². The van der Waals surface area contributed by atoms with Crippen LogP contribution in [0.4, 0.5) is 0 Å². The van der Waals surface area contributed by atoms with Crippen LogP contribution in [0.25, 0.3) is 11.5 Å². The number of aryl methyl sites for hydroxylation is 2. The Kier molecular flexibility index (Phi) is 4.71. The van der Waals surface area contributed by atoms with Crippen molar-refractivity contribution in [3.8, 4) is 11.5 Å². The number of imidazole rings is 1. The van der Waals surface area contributed by atoms with Crippen LogP contribution in [0.5, 0.6) is 0 Å². The minimum Gasteiger partial charge on any atom is -0.341 e. The van der Waals surface area contributed by atoms with Crippen molar-refractivity contribution in [2.75, 3.05) is 6.54 Å². The molecule has 1 saturated heterocycles. The molecule has 2 aromatic heterocycles. The molecule has 0 aliphatic carbocycles. The lowest BCUT2D eigenvalue weighted by Crippen LogP contribution is -2.39. The van der Waals surface area contributed by atoms with Gasteiger partial charge in [0.15, 0.2) is 11.6 Å². The van der Waals surface area contributed by atoms with Crippen molar-refractivity contribution in [1.82, 2.24) is 24.8 Å². The van der Waals surface area contributed by atoms with E-state index in [4.69, 9.17) is 4.98 Å². The number of benzene rings is 1. The van der Waals surface area contributed by atoms with Gasteiger partial charge in [0.1, 0.15) is 5.69 Å². The van der Waals surface area contributed by atoms with Crippen LogP contribution in [0.15, 0.2) is 42.6 Å². The van der Waals surface area contributed by atoms with Crippen LogP contribution < -0.4 is 0 Å². The molecule has 0 spiro atoms. The summed E-state index contributed by atoms with van der Waals surface area (Å²) in [6, 6.07) is 11.3. The third kappa shape index (κ3) is 3.60. The van der Waals surface area contributed by atoms with Crippen LogP contribution in [0.2, 0.25) is 0 Å². The molecule has 0 unspecified atom stereocenters. The van der Waals surface area contributed by atoms with E-state index >= 15 is 0 Å². The first kappa shape index (κ1) is 17.4. The van der Waals surface area contributed by atoms with E-state index in [9.17, 15) is 4.79 Å². The number of nitrogens with zero attached hydrogens (tertiary/aromatic N) is 4. The SMILES string of the molecule is Cc1cc(-c2ncc(C)[nH]2)nc([C@H]2CCCCN2C(=O)c2ccccc2)n1. The summed E-state index contributed by atoms with van der Waals surface area (Å²) < 4.78 is 0. The Morgan fingerprint density at radius 3 is 2.70 bits per heavy atom. The van der Waals surface area contributed by atoms with Gasteiger partial charge in [-0.3, -0.25) is 4.79 Å². The molecule has 1 aliphatic heterocycles. The summed E-state index contributed by atoms with van der Waals surface area (Å²) in [7, 11) is 0. The first-order valence-electron chi connectivity index (χ1n) is 9.35. The molecule has 1 aromatic carbocycles.